The fourth-order valence-electron chi connectivity index (χ4n) is 1.69. The Balaban J connectivity index is 2.48. The second-order valence-electron chi connectivity index (χ2n) is 4.30. The first-order chi connectivity index (χ1) is 8.56. The summed E-state index contributed by atoms with van der Waals surface area (Å²) < 4.78 is 0. The van der Waals surface area contributed by atoms with Crippen LogP contribution in [0.25, 0.3) is 0 Å². The third kappa shape index (κ3) is 4.35. The maximum absolute atomic E-state index is 11.7. The van der Waals surface area contributed by atoms with E-state index in [9.17, 15) is 4.79 Å². The van der Waals surface area contributed by atoms with Crippen LogP contribution in [-0.2, 0) is 11.2 Å². The summed E-state index contributed by atoms with van der Waals surface area (Å²) in [6.07, 6.45) is 0.674. The van der Waals surface area contributed by atoms with E-state index < -0.39 is 6.04 Å². The number of benzene rings is 1. The molecule has 0 aliphatic rings. The zero-order chi connectivity index (χ0) is 13.5. The van der Waals surface area contributed by atoms with Crippen molar-refractivity contribution in [2.24, 2.45) is 0 Å². The van der Waals surface area contributed by atoms with Gasteiger partial charge in [-0.25, -0.2) is 0 Å². The van der Waals surface area contributed by atoms with Crippen LogP contribution in [0.5, 0.6) is 5.75 Å². The highest BCUT2D eigenvalue weighted by molar-refractivity contribution is 5.82. The van der Waals surface area contributed by atoms with Gasteiger partial charge in [-0.05, 0) is 38.1 Å². The number of rotatable bonds is 6. The second kappa shape index (κ2) is 6.98. The Kier molecular flexibility index (Phi) is 5.61. The number of likely N-dealkylation sites (N-methyl/N-ethyl adjacent to an activating group) is 1. The predicted octanol–water partition coefficient (Wildman–Crippen LogP) is 0.0197. The molecule has 0 bridgehead atoms. The van der Waals surface area contributed by atoms with Crippen molar-refractivity contribution in [3.05, 3.63) is 29.8 Å². The zero-order valence-electron chi connectivity index (χ0n) is 10.7. The highest BCUT2D eigenvalue weighted by Crippen LogP contribution is 2.11. The molecule has 0 aliphatic carbocycles. The van der Waals surface area contributed by atoms with E-state index in [0.29, 0.717) is 6.42 Å². The van der Waals surface area contributed by atoms with Gasteiger partial charge in [0.1, 0.15) is 11.8 Å². The molecule has 0 aromatic heterocycles. The average Bonchev–Trinajstić information content (AvgIpc) is 2.33. The van der Waals surface area contributed by atoms with E-state index in [4.69, 9.17) is 10.2 Å². The first-order valence-electron chi connectivity index (χ1n) is 5.93. The van der Waals surface area contributed by atoms with E-state index in [2.05, 4.69) is 10.6 Å². The summed E-state index contributed by atoms with van der Waals surface area (Å²) >= 11 is 0. The van der Waals surface area contributed by atoms with E-state index in [-0.39, 0.29) is 24.3 Å². The normalized spacial score (nSPS) is 13.9. The van der Waals surface area contributed by atoms with Crippen molar-refractivity contribution in [2.75, 3.05) is 13.7 Å². The topological polar surface area (TPSA) is 81.6 Å². The zero-order valence-corrected chi connectivity index (χ0v) is 10.7. The van der Waals surface area contributed by atoms with Crippen molar-refractivity contribution < 1.29 is 15.0 Å². The number of hydrogen-bond acceptors (Lipinski definition) is 4. The second-order valence-corrected chi connectivity index (χ2v) is 4.30. The molecular formula is C13H20N2O3. The van der Waals surface area contributed by atoms with Crippen LogP contribution in [-0.4, -0.2) is 41.9 Å². The molecule has 4 N–H and O–H groups in total. The summed E-state index contributed by atoms with van der Waals surface area (Å²) in [4.78, 5) is 11.7. The number of carbonyl (C=O) groups is 1. The number of aliphatic hydroxyl groups excluding tert-OH is 1. The maximum Gasteiger partial charge on any atom is 0.239 e. The largest absolute Gasteiger partial charge is 0.508 e. The lowest BCUT2D eigenvalue weighted by Crippen LogP contribution is -2.48. The highest BCUT2D eigenvalue weighted by atomic mass is 16.3. The lowest BCUT2D eigenvalue weighted by atomic mass is 10.1. The molecule has 1 rings (SSSR count). The Morgan fingerprint density at radius 2 is 1.94 bits per heavy atom. The number of hydrogen-bond donors (Lipinski definition) is 4. The van der Waals surface area contributed by atoms with Crippen molar-refractivity contribution in [1.29, 1.82) is 0 Å². The van der Waals surface area contributed by atoms with Gasteiger partial charge in [0, 0.05) is 6.04 Å². The van der Waals surface area contributed by atoms with Gasteiger partial charge in [-0.2, -0.15) is 0 Å². The molecule has 2 atom stereocenters. The molecule has 0 spiro atoms. The van der Waals surface area contributed by atoms with E-state index in [1.807, 2.05) is 19.1 Å². The minimum Gasteiger partial charge on any atom is -0.508 e. The summed E-state index contributed by atoms with van der Waals surface area (Å²) in [5.74, 6) is 0.0113. The molecule has 0 fully saturated rings. The van der Waals surface area contributed by atoms with Gasteiger partial charge < -0.3 is 20.8 Å². The summed E-state index contributed by atoms with van der Waals surface area (Å²) in [6.45, 7) is 1.67. The third-order valence-electron chi connectivity index (χ3n) is 2.71. The number of aliphatic hydroxyl groups is 1. The Hall–Kier alpha value is -1.59. The lowest BCUT2D eigenvalue weighted by Gasteiger charge is -2.18. The molecule has 5 nitrogen and oxygen atoms in total. The summed E-state index contributed by atoms with van der Waals surface area (Å²) in [5.41, 5.74) is 1.03. The SMILES string of the molecule is CN[C@@H](CO)C(=O)NC(C)Cc1ccc(O)cc1. The molecule has 1 aromatic carbocycles. The van der Waals surface area contributed by atoms with Gasteiger partial charge in [0.25, 0.3) is 0 Å². The minimum atomic E-state index is -0.577. The van der Waals surface area contributed by atoms with Crippen LogP contribution < -0.4 is 10.6 Å². The van der Waals surface area contributed by atoms with E-state index in [1.165, 1.54) is 0 Å². The van der Waals surface area contributed by atoms with Gasteiger partial charge >= 0.3 is 0 Å². The molecule has 18 heavy (non-hydrogen) atoms. The predicted molar refractivity (Wildman–Crippen MR) is 69.3 cm³/mol. The molecule has 0 saturated carbocycles. The average molecular weight is 252 g/mol. The molecule has 1 amide bonds. The Morgan fingerprint density at radius 3 is 2.44 bits per heavy atom. The molecule has 5 heteroatoms. The van der Waals surface area contributed by atoms with Crippen LogP contribution >= 0.6 is 0 Å². The summed E-state index contributed by atoms with van der Waals surface area (Å²) in [6, 6.07) is 6.26. The van der Waals surface area contributed by atoms with Crippen LogP contribution in [0, 0.1) is 0 Å². The molecule has 0 heterocycles. The van der Waals surface area contributed by atoms with Crippen LogP contribution in [0.15, 0.2) is 24.3 Å². The van der Waals surface area contributed by atoms with Crippen LogP contribution in [0.2, 0.25) is 0 Å². The number of phenolic OH excluding ortho intramolecular Hbond substituents is 1. The fourth-order valence-corrected chi connectivity index (χ4v) is 1.69. The molecule has 100 valence electrons. The van der Waals surface area contributed by atoms with Gasteiger partial charge in [-0.3, -0.25) is 4.79 Å². The van der Waals surface area contributed by atoms with Crippen LogP contribution in [0.1, 0.15) is 12.5 Å². The number of amides is 1. The molecule has 0 aliphatic heterocycles. The van der Waals surface area contributed by atoms with E-state index >= 15 is 0 Å². The Labute approximate surface area is 107 Å². The van der Waals surface area contributed by atoms with Crippen LogP contribution in [0.3, 0.4) is 0 Å². The quantitative estimate of drug-likeness (QED) is 0.575. The number of nitrogens with one attached hydrogen (secondary N) is 2. The fraction of sp³-hybridized carbons (Fsp3) is 0.462. The van der Waals surface area contributed by atoms with Crippen molar-refractivity contribution in [3.63, 3.8) is 0 Å². The smallest absolute Gasteiger partial charge is 0.239 e. The molecule has 0 radical (unpaired) electrons. The first-order valence-corrected chi connectivity index (χ1v) is 5.93. The lowest BCUT2D eigenvalue weighted by molar-refractivity contribution is -0.124. The molecule has 0 saturated heterocycles. The monoisotopic (exact) mass is 252 g/mol. The minimum absolute atomic E-state index is 0.0376. The van der Waals surface area contributed by atoms with Crippen molar-refractivity contribution >= 4 is 5.91 Å². The highest BCUT2D eigenvalue weighted by Gasteiger charge is 2.16. The summed E-state index contributed by atoms with van der Waals surface area (Å²) in [5, 5.41) is 23.7. The number of carbonyl (C=O) groups excluding carboxylic acids is 1. The molecular weight excluding hydrogens is 232 g/mol. The number of phenols is 1. The van der Waals surface area contributed by atoms with Crippen LogP contribution in [0.4, 0.5) is 0 Å². The van der Waals surface area contributed by atoms with Crippen molar-refractivity contribution in [2.45, 2.75) is 25.4 Å². The van der Waals surface area contributed by atoms with Gasteiger partial charge in [-0.15, -0.1) is 0 Å². The summed E-state index contributed by atoms with van der Waals surface area (Å²) in [7, 11) is 1.63. The van der Waals surface area contributed by atoms with Gasteiger partial charge in [-0.1, -0.05) is 12.1 Å². The van der Waals surface area contributed by atoms with E-state index in [0.717, 1.165) is 5.56 Å². The first kappa shape index (κ1) is 14.5. The van der Waals surface area contributed by atoms with Gasteiger partial charge in [0.2, 0.25) is 5.91 Å². The standard InChI is InChI=1S/C13H20N2O3/c1-9(15-13(18)12(8-16)14-2)7-10-3-5-11(17)6-4-10/h3-6,9,12,14,16-17H,7-8H2,1-2H3,(H,15,18)/t9?,12-/m0/s1. The maximum atomic E-state index is 11.7. The van der Waals surface area contributed by atoms with Gasteiger partial charge in [0.15, 0.2) is 0 Å². The molecule has 1 aromatic rings. The van der Waals surface area contributed by atoms with Crippen molar-refractivity contribution in [1.82, 2.24) is 10.6 Å². The van der Waals surface area contributed by atoms with Crippen molar-refractivity contribution in [3.8, 4) is 5.75 Å². The van der Waals surface area contributed by atoms with Gasteiger partial charge in [0.05, 0.1) is 6.61 Å². The number of aromatic hydroxyl groups is 1. The van der Waals surface area contributed by atoms with E-state index in [1.54, 1.807) is 19.2 Å². The molecule has 1 unspecified atom stereocenters. The Bertz CT molecular complexity index is 374. The Morgan fingerprint density at radius 1 is 1.33 bits per heavy atom. The third-order valence-corrected chi connectivity index (χ3v) is 2.71.